The zero-order valence-electron chi connectivity index (χ0n) is 14.8. The monoisotopic (exact) mass is 369 g/mol. The van der Waals surface area contributed by atoms with Crippen LogP contribution in [0.5, 0.6) is 11.5 Å². The maximum atomic E-state index is 12.1. The van der Waals surface area contributed by atoms with Crippen LogP contribution in [-0.4, -0.2) is 24.1 Å². The van der Waals surface area contributed by atoms with Crippen molar-refractivity contribution in [3.63, 3.8) is 0 Å². The average molecular weight is 369 g/mol. The number of hydrogen-bond donors (Lipinski definition) is 0. The zero-order valence-corrected chi connectivity index (χ0v) is 14.8. The van der Waals surface area contributed by atoms with Gasteiger partial charge in [0, 0.05) is 24.6 Å². The summed E-state index contributed by atoms with van der Waals surface area (Å²) in [5.74, 6) is 0.792. The van der Waals surface area contributed by atoms with E-state index in [-0.39, 0.29) is 5.69 Å². The van der Waals surface area contributed by atoms with Gasteiger partial charge in [-0.3, -0.25) is 10.1 Å². The molecule has 0 aromatic heterocycles. The van der Waals surface area contributed by atoms with Gasteiger partial charge >= 0.3 is 5.97 Å². The molecular formula is C20H19NO6. The summed E-state index contributed by atoms with van der Waals surface area (Å²) in [7, 11) is 0. The highest BCUT2D eigenvalue weighted by Crippen LogP contribution is 2.30. The number of esters is 1. The van der Waals surface area contributed by atoms with Crippen molar-refractivity contribution in [3.05, 3.63) is 69.8 Å². The van der Waals surface area contributed by atoms with E-state index in [1.54, 1.807) is 37.3 Å². The molecule has 2 aromatic carbocycles. The summed E-state index contributed by atoms with van der Waals surface area (Å²) in [5.41, 5.74) is 1.29. The summed E-state index contributed by atoms with van der Waals surface area (Å²) in [6.45, 7) is 2.87. The minimum atomic E-state index is -0.606. The summed E-state index contributed by atoms with van der Waals surface area (Å²) in [6, 6.07) is 11.4. The van der Waals surface area contributed by atoms with Crippen molar-refractivity contribution in [2.24, 2.45) is 0 Å². The standard InChI is InChI=1S/C20H19NO6/c1-14(16-4-2-5-17(13-16)21(23)24)27-20(22)9-7-15-6-8-18-19(12-15)26-11-3-10-25-18/h2,4-9,12-14H,3,10-11H2,1H3/b9-7+/t14-/m1/s1. The second-order valence-corrected chi connectivity index (χ2v) is 6.02. The van der Waals surface area contributed by atoms with Gasteiger partial charge in [0.1, 0.15) is 6.10 Å². The largest absolute Gasteiger partial charge is 0.490 e. The van der Waals surface area contributed by atoms with Crippen LogP contribution >= 0.6 is 0 Å². The summed E-state index contributed by atoms with van der Waals surface area (Å²) in [5, 5.41) is 10.8. The van der Waals surface area contributed by atoms with Crippen LogP contribution in [0.25, 0.3) is 6.08 Å². The number of carbonyl (C=O) groups is 1. The third kappa shape index (κ3) is 4.84. The molecule has 0 amide bonds. The van der Waals surface area contributed by atoms with Crippen LogP contribution in [0.15, 0.2) is 48.5 Å². The number of hydrogen-bond acceptors (Lipinski definition) is 6. The Morgan fingerprint density at radius 3 is 2.74 bits per heavy atom. The van der Waals surface area contributed by atoms with Crippen LogP contribution < -0.4 is 9.47 Å². The van der Waals surface area contributed by atoms with Gasteiger partial charge in [0.05, 0.1) is 18.1 Å². The van der Waals surface area contributed by atoms with E-state index < -0.39 is 17.0 Å². The minimum Gasteiger partial charge on any atom is -0.490 e. The van der Waals surface area contributed by atoms with E-state index in [0.717, 1.165) is 12.0 Å². The van der Waals surface area contributed by atoms with Crippen LogP contribution in [0.2, 0.25) is 0 Å². The second kappa shape index (κ2) is 8.35. The molecule has 0 aliphatic carbocycles. The van der Waals surface area contributed by atoms with Gasteiger partial charge in [-0.05, 0) is 36.3 Å². The van der Waals surface area contributed by atoms with E-state index in [2.05, 4.69) is 0 Å². The lowest BCUT2D eigenvalue weighted by Crippen LogP contribution is -2.06. The van der Waals surface area contributed by atoms with E-state index in [0.29, 0.717) is 30.3 Å². The van der Waals surface area contributed by atoms with Crippen LogP contribution in [0.4, 0.5) is 5.69 Å². The van der Waals surface area contributed by atoms with E-state index in [1.165, 1.54) is 18.2 Å². The third-order valence-electron chi connectivity index (χ3n) is 4.03. The molecule has 7 nitrogen and oxygen atoms in total. The van der Waals surface area contributed by atoms with Crippen molar-refractivity contribution in [3.8, 4) is 11.5 Å². The Bertz CT molecular complexity index is 877. The number of nitro benzene ring substituents is 1. The Kier molecular flexibility index (Phi) is 5.71. The first-order valence-electron chi connectivity index (χ1n) is 8.55. The average Bonchev–Trinajstić information content (AvgIpc) is 2.91. The van der Waals surface area contributed by atoms with Crippen molar-refractivity contribution < 1.29 is 23.9 Å². The molecule has 7 heteroatoms. The van der Waals surface area contributed by atoms with Crippen LogP contribution in [0.1, 0.15) is 30.6 Å². The highest BCUT2D eigenvalue weighted by atomic mass is 16.6. The van der Waals surface area contributed by atoms with Gasteiger partial charge < -0.3 is 14.2 Å². The van der Waals surface area contributed by atoms with E-state index in [9.17, 15) is 14.9 Å². The van der Waals surface area contributed by atoms with Gasteiger partial charge in [-0.2, -0.15) is 0 Å². The number of rotatable bonds is 5. The van der Waals surface area contributed by atoms with Gasteiger partial charge in [-0.15, -0.1) is 0 Å². The number of nitro groups is 1. The molecule has 1 aliphatic rings. The fraction of sp³-hybridized carbons (Fsp3) is 0.250. The molecule has 140 valence electrons. The summed E-state index contributed by atoms with van der Waals surface area (Å²) < 4.78 is 16.5. The minimum absolute atomic E-state index is 0.0434. The molecule has 0 unspecified atom stereocenters. The quantitative estimate of drug-likeness (QED) is 0.342. The molecule has 0 spiro atoms. The lowest BCUT2D eigenvalue weighted by atomic mass is 10.1. The predicted molar refractivity (Wildman–Crippen MR) is 98.7 cm³/mol. The first kappa shape index (κ1) is 18.4. The predicted octanol–water partition coefficient (Wildman–Crippen LogP) is 4.07. The van der Waals surface area contributed by atoms with E-state index in [1.807, 2.05) is 6.07 Å². The van der Waals surface area contributed by atoms with E-state index >= 15 is 0 Å². The van der Waals surface area contributed by atoms with Crippen LogP contribution in [0, 0.1) is 10.1 Å². The lowest BCUT2D eigenvalue weighted by Gasteiger charge is -2.12. The SMILES string of the molecule is C[C@@H](OC(=O)/C=C/c1ccc2c(c1)OCCCO2)c1cccc([N+](=O)[O-])c1. The smallest absolute Gasteiger partial charge is 0.331 e. The van der Waals surface area contributed by atoms with Crippen molar-refractivity contribution in [2.75, 3.05) is 13.2 Å². The first-order chi connectivity index (χ1) is 13.0. The number of ether oxygens (including phenoxy) is 3. The maximum absolute atomic E-state index is 12.1. The molecule has 0 N–H and O–H groups in total. The molecule has 2 aromatic rings. The molecular weight excluding hydrogens is 350 g/mol. The number of nitrogens with zero attached hydrogens (tertiary/aromatic N) is 1. The molecule has 1 heterocycles. The molecule has 27 heavy (non-hydrogen) atoms. The Morgan fingerprint density at radius 2 is 1.96 bits per heavy atom. The highest BCUT2D eigenvalue weighted by molar-refractivity contribution is 5.87. The fourth-order valence-corrected chi connectivity index (χ4v) is 2.62. The molecule has 0 fully saturated rings. The van der Waals surface area contributed by atoms with E-state index in [4.69, 9.17) is 14.2 Å². The molecule has 3 rings (SSSR count). The number of carbonyl (C=O) groups excluding carboxylic acids is 1. The normalized spacial score (nSPS) is 14.4. The van der Waals surface area contributed by atoms with Crippen molar-refractivity contribution >= 4 is 17.7 Å². The molecule has 0 radical (unpaired) electrons. The molecule has 1 atom stereocenters. The van der Waals surface area contributed by atoms with Gasteiger partial charge in [-0.1, -0.05) is 18.2 Å². The molecule has 0 saturated carbocycles. The Hall–Kier alpha value is -3.35. The summed E-state index contributed by atoms with van der Waals surface area (Å²) in [6.07, 6.45) is 3.15. The van der Waals surface area contributed by atoms with Crippen LogP contribution in [-0.2, 0) is 9.53 Å². The van der Waals surface area contributed by atoms with Gasteiger partial charge in [0.2, 0.25) is 0 Å². The highest BCUT2D eigenvalue weighted by Gasteiger charge is 2.14. The Morgan fingerprint density at radius 1 is 1.19 bits per heavy atom. The topological polar surface area (TPSA) is 87.9 Å². The molecule has 0 bridgehead atoms. The summed E-state index contributed by atoms with van der Waals surface area (Å²) in [4.78, 5) is 22.4. The van der Waals surface area contributed by atoms with Crippen molar-refractivity contribution in [1.29, 1.82) is 0 Å². The fourth-order valence-electron chi connectivity index (χ4n) is 2.62. The number of fused-ring (bicyclic) bond motifs is 1. The zero-order chi connectivity index (χ0) is 19.2. The first-order valence-corrected chi connectivity index (χ1v) is 8.55. The van der Waals surface area contributed by atoms with Crippen molar-refractivity contribution in [2.45, 2.75) is 19.4 Å². The number of benzene rings is 2. The number of non-ortho nitro benzene ring substituents is 1. The van der Waals surface area contributed by atoms with Gasteiger partial charge in [0.15, 0.2) is 11.5 Å². The third-order valence-corrected chi connectivity index (χ3v) is 4.03. The van der Waals surface area contributed by atoms with Gasteiger partial charge in [0.25, 0.3) is 5.69 Å². The van der Waals surface area contributed by atoms with Crippen molar-refractivity contribution in [1.82, 2.24) is 0 Å². The van der Waals surface area contributed by atoms with Gasteiger partial charge in [-0.25, -0.2) is 4.79 Å². The lowest BCUT2D eigenvalue weighted by molar-refractivity contribution is -0.385. The molecule has 0 saturated heterocycles. The van der Waals surface area contributed by atoms with Crippen LogP contribution in [0.3, 0.4) is 0 Å². The Balaban J connectivity index is 1.64. The second-order valence-electron chi connectivity index (χ2n) is 6.02. The summed E-state index contributed by atoms with van der Waals surface area (Å²) >= 11 is 0. The maximum Gasteiger partial charge on any atom is 0.331 e. The Labute approximate surface area is 156 Å². The molecule has 1 aliphatic heterocycles.